The summed E-state index contributed by atoms with van der Waals surface area (Å²) in [6.45, 7) is 1.09. The van der Waals surface area contributed by atoms with Crippen molar-refractivity contribution in [2.24, 2.45) is 17.8 Å². The lowest BCUT2D eigenvalue weighted by molar-refractivity contribution is 0.359. The topological polar surface area (TPSA) is 0 Å². The third-order valence-corrected chi connectivity index (χ3v) is 7.17. The van der Waals surface area contributed by atoms with Crippen LogP contribution in [0.15, 0.2) is 0 Å². The Bertz CT molecular complexity index is 235. The molecule has 22 heavy (non-hydrogen) atoms. The molecule has 0 aliphatic heterocycles. The molecule has 0 atom stereocenters. The van der Waals surface area contributed by atoms with Crippen molar-refractivity contribution in [1.29, 1.82) is 0 Å². The standard InChI is InChI=1S/C21H39B/c1-4-10-19(11-5-1)16-22(17-20-12-6-2-7-13-20)18-21-14-8-3-9-15-21/h19-21H,1-18H2. The van der Waals surface area contributed by atoms with Crippen LogP contribution >= 0.6 is 0 Å². The monoisotopic (exact) mass is 302 g/mol. The van der Waals surface area contributed by atoms with Crippen LogP contribution in [-0.2, 0) is 0 Å². The summed E-state index contributed by atoms with van der Waals surface area (Å²) in [6, 6.07) is 0. The fourth-order valence-corrected chi connectivity index (χ4v) is 5.97. The minimum Gasteiger partial charge on any atom is -0.0713 e. The van der Waals surface area contributed by atoms with Gasteiger partial charge in [0.05, 0.1) is 0 Å². The number of hydrogen-bond acceptors (Lipinski definition) is 0. The summed E-state index contributed by atoms with van der Waals surface area (Å²) in [6.07, 6.45) is 27.9. The molecule has 3 fully saturated rings. The summed E-state index contributed by atoms with van der Waals surface area (Å²) in [7, 11) is 0. The van der Waals surface area contributed by atoms with Crippen molar-refractivity contribution < 1.29 is 0 Å². The van der Waals surface area contributed by atoms with Crippen LogP contribution in [0.2, 0.25) is 19.0 Å². The third kappa shape index (κ3) is 5.61. The molecule has 0 radical (unpaired) electrons. The van der Waals surface area contributed by atoms with Crippen LogP contribution in [0.5, 0.6) is 0 Å². The first-order valence-electron chi connectivity index (χ1n) is 10.9. The SMILES string of the molecule is C1CCC(CB(CC2CCCCC2)CC2CCCCC2)CC1. The van der Waals surface area contributed by atoms with Crippen LogP contribution in [0.1, 0.15) is 96.3 Å². The first-order chi connectivity index (χ1) is 10.9. The van der Waals surface area contributed by atoms with Crippen molar-refractivity contribution in [2.45, 2.75) is 115 Å². The molecule has 0 spiro atoms. The van der Waals surface area contributed by atoms with E-state index in [0.29, 0.717) is 0 Å². The molecule has 0 aromatic carbocycles. The summed E-state index contributed by atoms with van der Waals surface area (Å²) >= 11 is 0. The average Bonchev–Trinajstić information content (AvgIpc) is 2.57. The molecular weight excluding hydrogens is 263 g/mol. The minimum atomic E-state index is 1.09. The van der Waals surface area contributed by atoms with E-state index < -0.39 is 0 Å². The zero-order valence-electron chi connectivity index (χ0n) is 15.0. The van der Waals surface area contributed by atoms with E-state index in [1.165, 1.54) is 57.8 Å². The van der Waals surface area contributed by atoms with Gasteiger partial charge in [-0.15, -0.1) is 0 Å². The molecule has 0 unspecified atom stereocenters. The number of hydrogen-bond donors (Lipinski definition) is 0. The normalized spacial score (nSPS) is 26.2. The molecular formula is C21H39B. The van der Waals surface area contributed by atoms with Crippen LogP contribution in [-0.4, -0.2) is 6.71 Å². The molecule has 0 heterocycles. The summed E-state index contributed by atoms with van der Waals surface area (Å²) in [4.78, 5) is 0. The Labute approximate surface area is 140 Å². The summed E-state index contributed by atoms with van der Waals surface area (Å²) in [5, 5.41) is 0. The Hall–Kier alpha value is 0.0649. The van der Waals surface area contributed by atoms with E-state index in [0.717, 1.165) is 24.5 Å². The van der Waals surface area contributed by atoms with Crippen molar-refractivity contribution in [3.05, 3.63) is 0 Å². The van der Waals surface area contributed by atoms with Gasteiger partial charge in [-0.25, -0.2) is 0 Å². The van der Waals surface area contributed by atoms with E-state index in [1.807, 2.05) is 0 Å². The molecule has 0 aromatic rings. The second-order valence-corrected chi connectivity index (χ2v) is 9.09. The highest BCUT2D eigenvalue weighted by molar-refractivity contribution is 6.59. The van der Waals surface area contributed by atoms with Crippen molar-refractivity contribution >= 4 is 6.71 Å². The molecule has 1 heteroatoms. The van der Waals surface area contributed by atoms with E-state index in [1.54, 1.807) is 57.5 Å². The lowest BCUT2D eigenvalue weighted by Crippen LogP contribution is -2.26. The Balaban J connectivity index is 1.50. The first kappa shape index (κ1) is 16.9. The minimum absolute atomic E-state index is 1.09. The van der Waals surface area contributed by atoms with Gasteiger partial charge in [-0.05, 0) is 17.8 Å². The van der Waals surface area contributed by atoms with Gasteiger partial charge in [-0.1, -0.05) is 115 Å². The summed E-state index contributed by atoms with van der Waals surface area (Å²) < 4.78 is 0. The van der Waals surface area contributed by atoms with Gasteiger partial charge in [0.15, 0.2) is 0 Å². The van der Waals surface area contributed by atoms with E-state index in [2.05, 4.69) is 0 Å². The van der Waals surface area contributed by atoms with E-state index in [9.17, 15) is 0 Å². The highest BCUT2D eigenvalue weighted by Gasteiger charge is 2.28. The van der Waals surface area contributed by atoms with Gasteiger partial charge in [0.25, 0.3) is 0 Å². The first-order valence-corrected chi connectivity index (χ1v) is 10.9. The Morgan fingerprint density at radius 3 is 0.955 bits per heavy atom. The van der Waals surface area contributed by atoms with Crippen LogP contribution in [0.3, 0.4) is 0 Å². The second kappa shape index (κ2) is 9.38. The van der Waals surface area contributed by atoms with Gasteiger partial charge in [0, 0.05) is 0 Å². The van der Waals surface area contributed by atoms with Gasteiger partial charge < -0.3 is 0 Å². The molecule has 126 valence electrons. The molecule has 3 rings (SSSR count). The lowest BCUT2D eigenvalue weighted by atomic mass is 9.36. The molecule has 3 saturated carbocycles. The van der Waals surface area contributed by atoms with Gasteiger partial charge in [-0.3, -0.25) is 0 Å². The zero-order chi connectivity index (χ0) is 15.0. The maximum atomic E-state index is 1.60. The van der Waals surface area contributed by atoms with Crippen molar-refractivity contribution in [1.82, 2.24) is 0 Å². The molecule has 0 N–H and O–H groups in total. The quantitative estimate of drug-likeness (QED) is 0.454. The van der Waals surface area contributed by atoms with Crippen molar-refractivity contribution in [3.8, 4) is 0 Å². The third-order valence-electron chi connectivity index (χ3n) is 7.17. The van der Waals surface area contributed by atoms with Crippen LogP contribution < -0.4 is 0 Å². The van der Waals surface area contributed by atoms with Gasteiger partial charge >= 0.3 is 0 Å². The lowest BCUT2D eigenvalue weighted by Gasteiger charge is -2.32. The molecule has 0 bridgehead atoms. The van der Waals surface area contributed by atoms with Gasteiger partial charge in [0.1, 0.15) is 6.71 Å². The van der Waals surface area contributed by atoms with Crippen molar-refractivity contribution in [2.75, 3.05) is 0 Å². The molecule has 0 saturated heterocycles. The summed E-state index contributed by atoms with van der Waals surface area (Å²) in [5.41, 5.74) is 0. The smallest absolute Gasteiger partial charge is 0.0713 e. The fraction of sp³-hybridized carbons (Fsp3) is 1.00. The Morgan fingerprint density at radius 1 is 0.409 bits per heavy atom. The average molecular weight is 302 g/mol. The fourth-order valence-electron chi connectivity index (χ4n) is 5.97. The van der Waals surface area contributed by atoms with Gasteiger partial charge in [0.2, 0.25) is 0 Å². The maximum Gasteiger partial charge on any atom is 0.140 e. The van der Waals surface area contributed by atoms with Crippen LogP contribution in [0.4, 0.5) is 0 Å². The van der Waals surface area contributed by atoms with E-state index >= 15 is 0 Å². The van der Waals surface area contributed by atoms with E-state index in [4.69, 9.17) is 0 Å². The number of rotatable bonds is 6. The molecule has 0 amide bonds. The van der Waals surface area contributed by atoms with E-state index in [-0.39, 0.29) is 0 Å². The Morgan fingerprint density at radius 2 is 0.682 bits per heavy atom. The summed E-state index contributed by atoms with van der Waals surface area (Å²) in [5.74, 6) is 3.31. The maximum absolute atomic E-state index is 1.60. The predicted molar refractivity (Wildman–Crippen MR) is 99.9 cm³/mol. The molecule has 3 aliphatic rings. The second-order valence-electron chi connectivity index (χ2n) is 9.09. The highest BCUT2D eigenvalue weighted by Crippen LogP contribution is 2.37. The van der Waals surface area contributed by atoms with Crippen LogP contribution in [0.25, 0.3) is 0 Å². The molecule has 3 aliphatic carbocycles. The van der Waals surface area contributed by atoms with Crippen molar-refractivity contribution in [3.63, 3.8) is 0 Å². The van der Waals surface area contributed by atoms with Crippen LogP contribution in [0, 0.1) is 17.8 Å². The Kier molecular flexibility index (Phi) is 7.21. The van der Waals surface area contributed by atoms with Gasteiger partial charge in [-0.2, -0.15) is 0 Å². The largest absolute Gasteiger partial charge is 0.140 e. The molecule has 0 aromatic heterocycles. The predicted octanol–water partition coefficient (Wildman–Crippen LogP) is 7.22. The zero-order valence-corrected chi connectivity index (χ0v) is 15.0. The highest BCUT2D eigenvalue weighted by atomic mass is 14.2. The molecule has 0 nitrogen and oxygen atoms in total.